The number of allylic oxidation sites excluding steroid dienone is 1. The fraction of sp³-hybridized carbons (Fsp3) is 0.474. The van der Waals surface area contributed by atoms with Crippen molar-refractivity contribution in [3.63, 3.8) is 0 Å². The Bertz CT molecular complexity index is 1130. The highest BCUT2D eigenvalue weighted by Crippen LogP contribution is 2.30. The lowest BCUT2D eigenvalue weighted by Crippen LogP contribution is -2.22. The molecule has 0 spiro atoms. The molecule has 0 saturated carbocycles. The molecule has 1 aromatic heterocycles. The van der Waals surface area contributed by atoms with Gasteiger partial charge in [0.25, 0.3) is 0 Å². The molecule has 1 fully saturated rings. The highest BCUT2D eigenvalue weighted by atomic mass is 32.2. The van der Waals surface area contributed by atoms with Crippen LogP contribution in [0.4, 0.5) is 0 Å². The number of ether oxygens (including phenoxy) is 1. The molecular weight excluding hydrogens is 460 g/mol. The molecule has 1 atom stereocenters. The fourth-order valence-electron chi connectivity index (χ4n) is 3.22. The van der Waals surface area contributed by atoms with E-state index in [4.69, 9.17) is 4.74 Å². The predicted molar refractivity (Wildman–Crippen MR) is 120 cm³/mol. The molecule has 9 nitrogen and oxygen atoms in total. The van der Waals surface area contributed by atoms with Crippen LogP contribution in [0.15, 0.2) is 47.0 Å². The summed E-state index contributed by atoms with van der Waals surface area (Å²) in [6.45, 7) is 4.66. The van der Waals surface area contributed by atoms with Gasteiger partial charge in [-0.15, -0.1) is 16.8 Å². The smallest absolute Gasteiger partial charge is 0.242 e. The molecule has 1 saturated heterocycles. The van der Waals surface area contributed by atoms with E-state index in [9.17, 15) is 16.8 Å². The Balaban J connectivity index is 1.58. The number of sulfonamides is 1. The molecule has 0 aliphatic carbocycles. The van der Waals surface area contributed by atoms with E-state index in [0.29, 0.717) is 42.1 Å². The lowest BCUT2D eigenvalue weighted by atomic mass is 10.1. The Morgan fingerprint density at radius 3 is 2.58 bits per heavy atom. The van der Waals surface area contributed by atoms with Crippen LogP contribution >= 0.6 is 11.8 Å². The van der Waals surface area contributed by atoms with Gasteiger partial charge in [0.15, 0.2) is 15.0 Å². The van der Waals surface area contributed by atoms with Gasteiger partial charge >= 0.3 is 0 Å². The molecule has 0 unspecified atom stereocenters. The molecule has 0 N–H and O–H groups in total. The summed E-state index contributed by atoms with van der Waals surface area (Å²) in [6.07, 6.45) is 2.30. The number of sulfone groups is 1. The number of thioether (sulfide) groups is 1. The topological polar surface area (TPSA) is 111 Å². The minimum absolute atomic E-state index is 0.107. The second kappa shape index (κ2) is 9.72. The van der Waals surface area contributed by atoms with E-state index in [1.165, 1.54) is 38.0 Å². The van der Waals surface area contributed by atoms with Gasteiger partial charge in [-0.2, -0.15) is 0 Å². The molecule has 1 aliphatic heterocycles. The van der Waals surface area contributed by atoms with Crippen LogP contribution in [-0.2, 0) is 26.4 Å². The Labute approximate surface area is 187 Å². The van der Waals surface area contributed by atoms with E-state index in [1.807, 2.05) is 4.57 Å². The normalized spacial score (nSPS) is 18.4. The SMILES string of the molecule is C=CCn1c(SCCOc2ccc(S(=O)(=O)N(C)C)cc2)nnc1[C@@H]1CCS(=O)(=O)C1. The van der Waals surface area contributed by atoms with Crippen molar-refractivity contribution in [2.24, 2.45) is 0 Å². The molecule has 1 aromatic carbocycles. The molecule has 2 heterocycles. The minimum Gasteiger partial charge on any atom is -0.493 e. The van der Waals surface area contributed by atoms with E-state index in [0.717, 1.165) is 4.31 Å². The summed E-state index contributed by atoms with van der Waals surface area (Å²) in [5.74, 6) is 2.00. The zero-order valence-corrected chi connectivity index (χ0v) is 19.9. The van der Waals surface area contributed by atoms with Crippen molar-refractivity contribution in [2.45, 2.75) is 28.9 Å². The maximum absolute atomic E-state index is 12.1. The minimum atomic E-state index is -3.47. The van der Waals surface area contributed by atoms with Gasteiger partial charge in [-0.05, 0) is 30.7 Å². The number of rotatable bonds is 10. The molecule has 2 aromatic rings. The largest absolute Gasteiger partial charge is 0.493 e. The molecule has 0 bridgehead atoms. The maximum atomic E-state index is 12.1. The Morgan fingerprint density at radius 2 is 2.00 bits per heavy atom. The number of aromatic nitrogens is 3. The van der Waals surface area contributed by atoms with Crippen LogP contribution < -0.4 is 4.74 Å². The monoisotopic (exact) mass is 486 g/mol. The first kappa shape index (κ1) is 23.8. The van der Waals surface area contributed by atoms with E-state index in [1.54, 1.807) is 18.2 Å². The molecule has 1 aliphatic rings. The molecule has 0 radical (unpaired) electrons. The molecule has 12 heteroatoms. The first-order chi connectivity index (χ1) is 14.6. The van der Waals surface area contributed by atoms with Crippen molar-refractivity contribution in [3.8, 4) is 5.75 Å². The van der Waals surface area contributed by atoms with Crippen LogP contribution in [0.3, 0.4) is 0 Å². The number of hydrogen-bond donors (Lipinski definition) is 0. The summed E-state index contributed by atoms with van der Waals surface area (Å²) in [7, 11) is -3.51. The summed E-state index contributed by atoms with van der Waals surface area (Å²) in [4.78, 5) is 0.207. The van der Waals surface area contributed by atoms with Crippen molar-refractivity contribution >= 4 is 31.6 Å². The fourth-order valence-corrected chi connectivity index (χ4v) is 6.63. The van der Waals surface area contributed by atoms with Gasteiger partial charge in [-0.25, -0.2) is 21.1 Å². The third-order valence-corrected chi connectivity index (χ3v) is 9.37. The zero-order chi connectivity index (χ0) is 22.6. The first-order valence-corrected chi connectivity index (χ1v) is 13.9. The van der Waals surface area contributed by atoms with Gasteiger partial charge in [0.05, 0.1) is 23.0 Å². The van der Waals surface area contributed by atoms with Gasteiger partial charge in [0.2, 0.25) is 10.0 Å². The third-order valence-electron chi connectivity index (χ3n) is 4.84. The molecule has 3 rings (SSSR count). The van der Waals surface area contributed by atoms with Crippen LogP contribution in [0.25, 0.3) is 0 Å². The van der Waals surface area contributed by atoms with Crippen LogP contribution in [-0.4, -0.2) is 73.9 Å². The van der Waals surface area contributed by atoms with Crippen molar-refractivity contribution in [2.75, 3.05) is 38.0 Å². The van der Waals surface area contributed by atoms with Crippen LogP contribution in [0.5, 0.6) is 5.75 Å². The van der Waals surface area contributed by atoms with Crippen molar-refractivity contribution < 1.29 is 21.6 Å². The average Bonchev–Trinajstić information content (AvgIpc) is 3.28. The molecule has 0 amide bonds. The lowest BCUT2D eigenvalue weighted by molar-refractivity contribution is 0.343. The van der Waals surface area contributed by atoms with Crippen LogP contribution in [0.2, 0.25) is 0 Å². The van der Waals surface area contributed by atoms with Gasteiger partial charge in [0, 0.05) is 32.3 Å². The highest BCUT2D eigenvalue weighted by molar-refractivity contribution is 7.99. The Morgan fingerprint density at radius 1 is 1.29 bits per heavy atom. The van der Waals surface area contributed by atoms with Crippen molar-refractivity contribution in [1.82, 2.24) is 19.1 Å². The van der Waals surface area contributed by atoms with Gasteiger partial charge in [-0.1, -0.05) is 17.8 Å². The van der Waals surface area contributed by atoms with Crippen LogP contribution in [0, 0.1) is 0 Å². The van der Waals surface area contributed by atoms with Crippen LogP contribution in [0.1, 0.15) is 18.2 Å². The second-order valence-corrected chi connectivity index (χ2v) is 12.7. The number of nitrogens with zero attached hydrogens (tertiary/aromatic N) is 4. The van der Waals surface area contributed by atoms with E-state index >= 15 is 0 Å². The van der Waals surface area contributed by atoms with E-state index in [-0.39, 0.29) is 22.3 Å². The predicted octanol–water partition coefficient (Wildman–Crippen LogP) is 1.79. The summed E-state index contributed by atoms with van der Waals surface area (Å²) in [5.41, 5.74) is 0. The zero-order valence-electron chi connectivity index (χ0n) is 17.5. The van der Waals surface area contributed by atoms with Gasteiger partial charge in [0.1, 0.15) is 11.6 Å². The molecular formula is C19H26N4O5S3. The summed E-state index contributed by atoms with van der Waals surface area (Å²) >= 11 is 1.46. The third kappa shape index (κ3) is 5.68. The molecule has 170 valence electrons. The quantitative estimate of drug-likeness (QED) is 0.284. The standard InChI is InChI=1S/C19H26N4O5S3/c1-4-10-23-18(15-9-13-30(24,25)14-15)20-21-19(23)29-12-11-28-16-5-7-17(8-6-16)31(26,27)22(2)3/h4-8,15H,1,9-14H2,2-3H3/t15-/m1/s1. The van der Waals surface area contributed by atoms with Crippen molar-refractivity contribution in [1.29, 1.82) is 0 Å². The first-order valence-electron chi connectivity index (χ1n) is 9.66. The summed E-state index contributed by atoms with van der Waals surface area (Å²) in [6, 6.07) is 6.28. The second-order valence-electron chi connectivity index (χ2n) is 7.30. The average molecular weight is 487 g/mol. The number of benzene rings is 1. The van der Waals surface area contributed by atoms with Gasteiger partial charge in [-0.3, -0.25) is 0 Å². The Hall–Kier alpha value is -1.89. The molecule has 31 heavy (non-hydrogen) atoms. The van der Waals surface area contributed by atoms with E-state index < -0.39 is 19.9 Å². The highest BCUT2D eigenvalue weighted by Gasteiger charge is 2.33. The summed E-state index contributed by atoms with van der Waals surface area (Å²) in [5, 5.41) is 9.17. The maximum Gasteiger partial charge on any atom is 0.242 e. The Kier molecular flexibility index (Phi) is 7.45. The van der Waals surface area contributed by atoms with Crippen molar-refractivity contribution in [3.05, 3.63) is 42.7 Å². The summed E-state index contributed by atoms with van der Waals surface area (Å²) < 4.78 is 56.6. The number of hydrogen-bond acceptors (Lipinski definition) is 8. The van der Waals surface area contributed by atoms with Gasteiger partial charge < -0.3 is 9.30 Å². The lowest BCUT2D eigenvalue weighted by Gasteiger charge is -2.12. The van der Waals surface area contributed by atoms with E-state index in [2.05, 4.69) is 16.8 Å².